The van der Waals surface area contributed by atoms with Gasteiger partial charge in [-0.1, -0.05) is 48.5 Å². The number of anilines is 1. The molecule has 0 saturated heterocycles. The molecule has 4 rings (SSSR count). The van der Waals surface area contributed by atoms with Crippen LogP contribution in [0.25, 0.3) is 0 Å². The summed E-state index contributed by atoms with van der Waals surface area (Å²) in [4.78, 5) is 53.4. The average Bonchev–Trinajstić information content (AvgIpc) is 3.13. The van der Waals surface area contributed by atoms with Gasteiger partial charge in [-0.25, -0.2) is 4.79 Å². The van der Waals surface area contributed by atoms with Crippen LogP contribution in [-0.4, -0.2) is 41.7 Å². The molecule has 0 atom stereocenters. The number of amides is 3. The number of hydrogen-bond donors (Lipinski definition) is 0. The molecule has 1 heterocycles. The molecule has 8 nitrogen and oxygen atoms in total. The molecule has 0 aromatic heterocycles. The lowest BCUT2D eigenvalue weighted by atomic mass is 10.1. The van der Waals surface area contributed by atoms with Crippen molar-refractivity contribution in [2.45, 2.75) is 13.0 Å². The number of ether oxygens (including phenoxy) is 1. The van der Waals surface area contributed by atoms with Gasteiger partial charge in [0.25, 0.3) is 17.7 Å². The van der Waals surface area contributed by atoms with Crippen LogP contribution in [0.4, 0.5) is 5.69 Å². The molecule has 3 amide bonds. The van der Waals surface area contributed by atoms with E-state index in [0.29, 0.717) is 5.69 Å². The van der Waals surface area contributed by atoms with E-state index >= 15 is 0 Å². The topological polar surface area (TPSA) is 108 Å². The Hall–Kier alpha value is -4.77. The minimum atomic E-state index is -0.795. The largest absolute Gasteiger partial charge is 0.452 e. The number of imide groups is 1. The highest BCUT2D eigenvalue weighted by Gasteiger charge is 2.36. The molecule has 0 saturated carbocycles. The molecule has 1 aliphatic rings. The lowest BCUT2D eigenvalue weighted by Crippen LogP contribution is -2.35. The fourth-order valence-electron chi connectivity index (χ4n) is 3.78. The van der Waals surface area contributed by atoms with Gasteiger partial charge in [0.2, 0.25) is 0 Å². The van der Waals surface area contributed by atoms with Crippen LogP contribution >= 0.6 is 0 Å². The summed E-state index contributed by atoms with van der Waals surface area (Å²) in [6, 6.07) is 24.0. The number of carbonyl (C=O) groups excluding carboxylic acids is 4. The second-order valence-electron chi connectivity index (χ2n) is 7.81. The second kappa shape index (κ2) is 10.4. The Labute approximate surface area is 201 Å². The highest BCUT2D eigenvalue weighted by molar-refractivity contribution is 6.21. The van der Waals surface area contributed by atoms with Gasteiger partial charge >= 0.3 is 5.97 Å². The van der Waals surface area contributed by atoms with Crippen LogP contribution in [0, 0.1) is 11.3 Å². The van der Waals surface area contributed by atoms with Gasteiger partial charge in [-0.3, -0.25) is 19.3 Å². The van der Waals surface area contributed by atoms with Gasteiger partial charge in [-0.05, 0) is 35.9 Å². The number of nitriles is 1. The molecule has 0 radical (unpaired) electrons. The average molecular weight is 467 g/mol. The van der Waals surface area contributed by atoms with Crippen molar-refractivity contribution >= 4 is 29.4 Å². The van der Waals surface area contributed by atoms with E-state index in [9.17, 15) is 19.2 Å². The summed E-state index contributed by atoms with van der Waals surface area (Å²) in [5.74, 6) is -2.20. The highest BCUT2D eigenvalue weighted by atomic mass is 16.5. The van der Waals surface area contributed by atoms with E-state index in [-0.39, 0.29) is 36.2 Å². The maximum Gasteiger partial charge on any atom is 0.338 e. The number of hydrogen-bond acceptors (Lipinski definition) is 6. The number of fused-ring (bicyclic) bond motifs is 1. The second-order valence-corrected chi connectivity index (χ2v) is 7.81. The quantitative estimate of drug-likeness (QED) is 0.370. The number of nitrogens with zero attached hydrogens (tertiary/aromatic N) is 3. The first kappa shape index (κ1) is 23.4. The van der Waals surface area contributed by atoms with Crippen LogP contribution in [0.5, 0.6) is 0 Å². The molecule has 174 valence electrons. The molecule has 1 aliphatic heterocycles. The molecule has 0 fully saturated rings. The molecule has 0 spiro atoms. The molecule has 0 N–H and O–H groups in total. The number of benzene rings is 3. The van der Waals surface area contributed by atoms with Crippen molar-refractivity contribution in [3.63, 3.8) is 0 Å². The summed E-state index contributed by atoms with van der Waals surface area (Å²) in [7, 11) is 0. The maximum absolute atomic E-state index is 12.9. The number of esters is 1. The third-order valence-electron chi connectivity index (χ3n) is 5.53. The molecular weight excluding hydrogens is 446 g/mol. The van der Waals surface area contributed by atoms with Gasteiger partial charge in [0.05, 0.1) is 35.7 Å². The van der Waals surface area contributed by atoms with Crippen LogP contribution in [0.2, 0.25) is 0 Å². The molecule has 8 heteroatoms. The predicted octanol–water partition coefficient (Wildman–Crippen LogP) is 3.59. The van der Waals surface area contributed by atoms with E-state index in [1.807, 2.05) is 36.4 Å². The SMILES string of the molecule is N#CCCN(C(=O)COC(=O)c1ccc2c(c1)C(=O)N(Cc1ccccc1)C2=O)c1ccccc1. The van der Waals surface area contributed by atoms with Crippen LogP contribution in [-0.2, 0) is 16.1 Å². The summed E-state index contributed by atoms with van der Waals surface area (Å²) >= 11 is 0. The molecule has 0 unspecified atom stereocenters. The number of rotatable bonds is 8. The van der Waals surface area contributed by atoms with Crippen molar-refractivity contribution in [2.24, 2.45) is 0 Å². The summed E-state index contributed by atoms with van der Waals surface area (Å²) in [5, 5.41) is 8.90. The fourth-order valence-corrected chi connectivity index (χ4v) is 3.78. The lowest BCUT2D eigenvalue weighted by Gasteiger charge is -2.21. The first-order valence-corrected chi connectivity index (χ1v) is 10.9. The monoisotopic (exact) mass is 467 g/mol. The zero-order valence-electron chi connectivity index (χ0n) is 18.7. The zero-order chi connectivity index (χ0) is 24.8. The van der Waals surface area contributed by atoms with Gasteiger partial charge in [0.15, 0.2) is 6.61 Å². The van der Waals surface area contributed by atoms with Crippen LogP contribution in [0.3, 0.4) is 0 Å². The van der Waals surface area contributed by atoms with Crippen molar-refractivity contribution in [1.29, 1.82) is 5.26 Å². The van der Waals surface area contributed by atoms with Crippen molar-refractivity contribution in [3.05, 3.63) is 101 Å². The van der Waals surface area contributed by atoms with Gasteiger partial charge < -0.3 is 9.64 Å². The Kier molecular flexibility index (Phi) is 6.98. The van der Waals surface area contributed by atoms with Crippen LogP contribution in [0.1, 0.15) is 43.1 Å². The zero-order valence-corrected chi connectivity index (χ0v) is 18.7. The summed E-state index contributed by atoms with van der Waals surface area (Å²) in [6.45, 7) is -0.258. The summed E-state index contributed by atoms with van der Waals surface area (Å²) in [6.07, 6.45) is 0.120. The van der Waals surface area contributed by atoms with Gasteiger partial charge in [0, 0.05) is 12.2 Å². The Bertz CT molecular complexity index is 1320. The van der Waals surface area contributed by atoms with E-state index in [4.69, 9.17) is 10.00 Å². The van der Waals surface area contributed by atoms with Gasteiger partial charge in [-0.15, -0.1) is 0 Å². The first-order valence-electron chi connectivity index (χ1n) is 10.9. The Morgan fingerprint density at radius 2 is 1.54 bits per heavy atom. The van der Waals surface area contributed by atoms with E-state index in [0.717, 1.165) is 10.5 Å². The summed E-state index contributed by atoms with van der Waals surface area (Å²) < 4.78 is 5.19. The minimum absolute atomic E-state index is 0.0579. The van der Waals surface area contributed by atoms with Gasteiger partial charge in [0.1, 0.15) is 0 Å². The van der Waals surface area contributed by atoms with Gasteiger partial charge in [-0.2, -0.15) is 5.26 Å². The lowest BCUT2D eigenvalue weighted by molar-refractivity contribution is -0.121. The van der Waals surface area contributed by atoms with Crippen molar-refractivity contribution < 1.29 is 23.9 Å². The molecular formula is C27H21N3O5. The third-order valence-corrected chi connectivity index (χ3v) is 5.53. The molecule has 35 heavy (non-hydrogen) atoms. The first-order chi connectivity index (χ1) is 17.0. The van der Waals surface area contributed by atoms with E-state index < -0.39 is 30.3 Å². The van der Waals surface area contributed by atoms with E-state index in [2.05, 4.69) is 0 Å². The molecule has 3 aromatic rings. The van der Waals surface area contributed by atoms with Crippen molar-refractivity contribution in [1.82, 2.24) is 4.90 Å². The van der Waals surface area contributed by atoms with E-state index in [1.165, 1.54) is 23.1 Å². The van der Waals surface area contributed by atoms with E-state index in [1.54, 1.807) is 30.3 Å². The fraction of sp³-hybridized carbons (Fsp3) is 0.148. The maximum atomic E-state index is 12.9. The third kappa shape index (κ3) is 5.09. The normalized spacial score (nSPS) is 12.1. The highest BCUT2D eigenvalue weighted by Crippen LogP contribution is 2.26. The van der Waals surface area contributed by atoms with Crippen LogP contribution < -0.4 is 4.90 Å². The summed E-state index contributed by atoms with van der Waals surface area (Å²) in [5.41, 5.74) is 1.78. The minimum Gasteiger partial charge on any atom is -0.452 e. The number of para-hydroxylation sites is 1. The molecule has 0 aliphatic carbocycles. The molecule has 0 bridgehead atoms. The Morgan fingerprint density at radius 3 is 2.23 bits per heavy atom. The number of carbonyl (C=O) groups is 4. The smallest absolute Gasteiger partial charge is 0.338 e. The van der Waals surface area contributed by atoms with Crippen LogP contribution in [0.15, 0.2) is 78.9 Å². The standard InChI is InChI=1S/C27H21N3O5/c28-14-7-15-29(21-10-5-2-6-11-21)24(31)18-35-27(34)20-12-13-22-23(16-20)26(33)30(25(22)32)17-19-8-3-1-4-9-19/h1-6,8-13,16H,7,15,17-18H2. The predicted molar refractivity (Wildman–Crippen MR) is 126 cm³/mol. The molecule has 3 aromatic carbocycles. The van der Waals surface area contributed by atoms with Crippen molar-refractivity contribution in [3.8, 4) is 6.07 Å². The Balaban J connectivity index is 1.44. The Morgan fingerprint density at radius 1 is 0.886 bits per heavy atom. The van der Waals surface area contributed by atoms with Crippen molar-refractivity contribution in [2.75, 3.05) is 18.1 Å².